The molecular weight excluding hydrogens is 392 g/mol. The molecule has 31 heavy (non-hydrogen) atoms. The molecule has 2 aromatic carbocycles. The van der Waals surface area contributed by atoms with Crippen LogP contribution in [0.25, 0.3) is 0 Å². The van der Waals surface area contributed by atoms with Gasteiger partial charge in [0, 0.05) is 13.1 Å². The summed E-state index contributed by atoms with van der Waals surface area (Å²) in [6, 6.07) is 14.9. The standard InChI is InChI=1S/C25H30N2O4/c1-17(2)22-23(28)27(16-19-7-11-21(31-4)12-8-19)25(13-14-25)24(29)26(22)15-18-5-9-20(30-3)10-6-18/h5-12,17,22H,13-16H2,1-4H3/t22-/m0/s1. The Morgan fingerprint density at radius 1 is 0.871 bits per heavy atom. The summed E-state index contributed by atoms with van der Waals surface area (Å²) in [5.41, 5.74) is 1.29. The molecule has 6 heteroatoms. The fourth-order valence-electron chi connectivity index (χ4n) is 4.50. The van der Waals surface area contributed by atoms with Crippen molar-refractivity contribution in [2.45, 2.75) is 51.4 Å². The van der Waals surface area contributed by atoms with Gasteiger partial charge < -0.3 is 19.3 Å². The SMILES string of the molecule is COc1ccc(CN2C(=O)C3(CC3)N(Cc3ccc(OC)cc3)C(=O)[C@@H]2C(C)C)cc1. The zero-order valence-corrected chi connectivity index (χ0v) is 18.6. The average Bonchev–Trinajstić information content (AvgIpc) is 3.57. The minimum Gasteiger partial charge on any atom is -0.497 e. The van der Waals surface area contributed by atoms with Gasteiger partial charge in [0.15, 0.2) is 0 Å². The second-order valence-corrected chi connectivity index (χ2v) is 8.77. The molecule has 1 aliphatic heterocycles. The summed E-state index contributed by atoms with van der Waals surface area (Å²) in [4.78, 5) is 31.0. The molecule has 0 bridgehead atoms. The van der Waals surface area contributed by atoms with E-state index in [0.717, 1.165) is 35.5 Å². The summed E-state index contributed by atoms with van der Waals surface area (Å²) in [6.45, 7) is 4.88. The molecule has 2 fully saturated rings. The third kappa shape index (κ3) is 3.87. The van der Waals surface area contributed by atoms with Crippen molar-refractivity contribution in [3.8, 4) is 11.5 Å². The van der Waals surface area contributed by atoms with Crippen LogP contribution in [0.1, 0.15) is 37.8 Å². The number of piperazine rings is 1. The summed E-state index contributed by atoms with van der Waals surface area (Å²) >= 11 is 0. The van der Waals surface area contributed by atoms with Gasteiger partial charge in [-0.05, 0) is 54.2 Å². The maximum atomic E-state index is 13.7. The number of ether oxygens (including phenoxy) is 2. The van der Waals surface area contributed by atoms with Crippen LogP contribution in [0.2, 0.25) is 0 Å². The van der Waals surface area contributed by atoms with E-state index in [1.165, 1.54) is 0 Å². The van der Waals surface area contributed by atoms with E-state index in [0.29, 0.717) is 13.1 Å². The van der Waals surface area contributed by atoms with E-state index < -0.39 is 11.6 Å². The topological polar surface area (TPSA) is 59.1 Å². The Morgan fingerprint density at radius 2 is 1.35 bits per heavy atom. The van der Waals surface area contributed by atoms with Crippen molar-refractivity contribution < 1.29 is 19.1 Å². The van der Waals surface area contributed by atoms with Gasteiger partial charge in [0.2, 0.25) is 11.8 Å². The smallest absolute Gasteiger partial charge is 0.249 e. The lowest BCUT2D eigenvalue weighted by Crippen LogP contribution is -2.66. The zero-order valence-electron chi connectivity index (χ0n) is 18.6. The number of nitrogens with zero attached hydrogens (tertiary/aromatic N) is 2. The molecule has 1 heterocycles. The van der Waals surface area contributed by atoms with Crippen molar-refractivity contribution in [2.75, 3.05) is 14.2 Å². The molecule has 2 aromatic rings. The Morgan fingerprint density at radius 3 is 1.77 bits per heavy atom. The molecule has 1 saturated heterocycles. The highest BCUT2D eigenvalue weighted by Crippen LogP contribution is 2.48. The second kappa shape index (κ2) is 8.25. The second-order valence-electron chi connectivity index (χ2n) is 8.77. The minimum atomic E-state index is -0.700. The summed E-state index contributed by atoms with van der Waals surface area (Å²) in [6.07, 6.45) is 1.44. The van der Waals surface area contributed by atoms with E-state index in [1.807, 2.05) is 67.3 Å². The van der Waals surface area contributed by atoms with E-state index in [4.69, 9.17) is 9.47 Å². The van der Waals surface area contributed by atoms with Crippen molar-refractivity contribution >= 4 is 11.8 Å². The van der Waals surface area contributed by atoms with Gasteiger partial charge in [0.05, 0.1) is 14.2 Å². The van der Waals surface area contributed by atoms with Gasteiger partial charge in [0.25, 0.3) is 0 Å². The first-order chi connectivity index (χ1) is 14.9. The van der Waals surface area contributed by atoms with Crippen molar-refractivity contribution in [3.63, 3.8) is 0 Å². The Balaban J connectivity index is 1.61. The number of hydrogen-bond acceptors (Lipinski definition) is 4. The first kappa shape index (κ1) is 21.2. The van der Waals surface area contributed by atoms with Crippen LogP contribution >= 0.6 is 0 Å². The van der Waals surface area contributed by atoms with Gasteiger partial charge >= 0.3 is 0 Å². The van der Waals surface area contributed by atoms with Gasteiger partial charge in [-0.25, -0.2) is 0 Å². The molecule has 2 amide bonds. The summed E-state index contributed by atoms with van der Waals surface area (Å²) in [5.74, 6) is 1.67. The van der Waals surface area contributed by atoms with Gasteiger partial charge in [-0.2, -0.15) is 0 Å². The quantitative estimate of drug-likeness (QED) is 0.684. The maximum absolute atomic E-state index is 13.7. The van der Waals surface area contributed by atoms with E-state index in [2.05, 4.69) is 0 Å². The lowest BCUT2D eigenvalue weighted by molar-refractivity contribution is -0.167. The number of rotatable bonds is 7. The number of benzene rings is 2. The van der Waals surface area contributed by atoms with E-state index in [-0.39, 0.29) is 17.7 Å². The van der Waals surface area contributed by atoms with Gasteiger partial charge in [-0.1, -0.05) is 38.1 Å². The lowest BCUT2D eigenvalue weighted by Gasteiger charge is -2.47. The molecule has 1 spiro atoms. The van der Waals surface area contributed by atoms with Crippen LogP contribution in [0, 0.1) is 5.92 Å². The Hall–Kier alpha value is -3.02. The number of carbonyl (C=O) groups is 2. The van der Waals surface area contributed by atoms with Crippen LogP contribution in [0.4, 0.5) is 0 Å². The highest BCUT2D eigenvalue weighted by Gasteiger charge is 2.63. The lowest BCUT2D eigenvalue weighted by atomic mass is 9.93. The summed E-state index contributed by atoms with van der Waals surface area (Å²) < 4.78 is 10.5. The Labute approximate surface area is 183 Å². The molecule has 0 unspecified atom stereocenters. The van der Waals surface area contributed by atoms with E-state index in [1.54, 1.807) is 19.1 Å². The molecule has 1 saturated carbocycles. The van der Waals surface area contributed by atoms with Gasteiger partial charge in [0.1, 0.15) is 23.1 Å². The van der Waals surface area contributed by atoms with Crippen LogP contribution in [0.15, 0.2) is 48.5 Å². The zero-order chi connectivity index (χ0) is 22.2. The third-order valence-corrected chi connectivity index (χ3v) is 6.40. The molecule has 6 nitrogen and oxygen atoms in total. The van der Waals surface area contributed by atoms with Crippen molar-refractivity contribution in [1.29, 1.82) is 0 Å². The summed E-state index contributed by atoms with van der Waals surface area (Å²) in [7, 11) is 3.26. The van der Waals surface area contributed by atoms with Crippen molar-refractivity contribution in [1.82, 2.24) is 9.80 Å². The Kier molecular flexibility index (Phi) is 5.65. The van der Waals surface area contributed by atoms with E-state index in [9.17, 15) is 9.59 Å². The first-order valence-electron chi connectivity index (χ1n) is 10.8. The van der Waals surface area contributed by atoms with E-state index >= 15 is 0 Å². The van der Waals surface area contributed by atoms with Crippen molar-refractivity contribution in [2.24, 2.45) is 5.92 Å². The summed E-state index contributed by atoms with van der Waals surface area (Å²) in [5, 5.41) is 0. The number of carbonyl (C=O) groups excluding carboxylic acids is 2. The molecule has 2 aliphatic rings. The average molecular weight is 423 g/mol. The molecule has 164 valence electrons. The van der Waals surface area contributed by atoms with Crippen LogP contribution < -0.4 is 9.47 Å². The number of hydrogen-bond donors (Lipinski definition) is 0. The fourth-order valence-corrected chi connectivity index (χ4v) is 4.50. The maximum Gasteiger partial charge on any atom is 0.249 e. The number of methoxy groups -OCH3 is 2. The fraction of sp³-hybridized carbons (Fsp3) is 0.440. The van der Waals surface area contributed by atoms with Gasteiger partial charge in [-0.15, -0.1) is 0 Å². The van der Waals surface area contributed by atoms with Crippen LogP contribution in [0.3, 0.4) is 0 Å². The Bertz CT molecular complexity index is 948. The van der Waals surface area contributed by atoms with Crippen LogP contribution in [0.5, 0.6) is 11.5 Å². The molecular formula is C25H30N2O4. The monoisotopic (exact) mass is 422 g/mol. The highest BCUT2D eigenvalue weighted by molar-refractivity contribution is 6.01. The molecule has 1 atom stereocenters. The number of amides is 2. The molecule has 4 rings (SSSR count). The van der Waals surface area contributed by atoms with Gasteiger partial charge in [-0.3, -0.25) is 9.59 Å². The minimum absolute atomic E-state index is 0.0177. The van der Waals surface area contributed by atoms with Crippen LogP contribution in [-0.4, -0.2) is 47.4 Å². The molecule has 0 aromatic heterocycles. The predicted molar refractivity (Wildman–Crippen MR) is 118 cm³/mol. The van der Waals surface area contributed by atoms with Crippen molar-refractivity contribution in [3.05, 3.63) is 59.7 Å². The molecule has 1 aliphatic carbocycles. The molecule has 0 radical (unpaired) electrons. The highest BCUT2D eigenvalue weighted by atomic mass is 16.5. The largest absolute Gasteiger partial charge is 0.497 e. The van der Waals surface area contributed by atoms with Crippen LogP contribution in [-0.2, 0) is 22.7 Å². The third-order valence-electron chi connectivity index (χ3n) is 6.40. The predicted octanol–water partition coefficient (Wildman–Crippen LogP) is 3.63. The molecule has 0 N–H and O–H groups in total. The normalized spacial score (nSPS) is 19.8. The first-order valence-corrected chi connectivity index (χ1v) is 10.8.